The molecule has 0 aliphatic heterocycles. The van der Waals surface area contributed by atoms with Crippen LogP contribution in [0.15, 0.2) is 30.8 Å². The lowest BCUT2D eigenvalue weighted by molar-refractivity contribution is 0.0535. The molecule has 3 nitrogen and oxygen atoms in total. The van der Waals surface area contributed by atoms with Crippen LogP contribution >= 0.6 is 0 Å². The van der Waals surface area contributed by atoms with Crippen LogP contribution in [0.2, 0.25) is 0 Å². The number of alkyl carbamates (subject to hydrolysis) is 1. The van der Waals surface area contributed by atoms with Crippen molar-refractivity contribution in [1.29, 1.82) is 0 Å². The number of carbonyl (C=O) groups excluding carboxylic acids is 1. The van der Waals surface area contributed by atoms with Crippen molar-refractivity contribution in [3.63, 3.8) is 0 Å². The van der Waals surface area contributed by atoms with Crippen LogP contribution in [0.5, 0.6) is 0 Å². The number of benzene rings is 1. The Hall–Kier alpha value is -2.21. The molecule has 0 aromatic heterocycles. The Morgan fingerprint density at radius 1 is 1.42 bits per heavy atom. The highest BCUT2D eigenvalue weighted by molar-refractivity contribution is 5.68. The summed E-state index contributed by atoms with van der Waals surface area (Å²) >= 11 is 0. The maximum atomic E-state index is 11.4. The monoisotopic (exact) mass is 257 g/mol. The summed E-state index contributed by atoms with van der Waals surface area (Å²) in [5, 5.41) is 2.59. The van der Waals surface area contributed by atoms with Gasteiger partial charge in [0, 0.05) is 5.56 Å². The second kappa shape index (κ2) is 6.65. The Balaban J connectivity index is 2.52. The minimum atomic E-state index is -0.493. The standard InChI is InChI=1S/C16H19NO2/c1-5-13-9-6-7-10-14(13)11-8-12-17-15(18)19-16(2,3)4/h5-7,9-10H,1,12H2,2-4H3,(H,17,18). The minimum Gasteiger partial charge on any atom is -0.444 e. The van der Waals surface area contributed by atoms with Gasteiger partial charge in [0.2, 0.25) is 0 Å². The van der Waals surface area contributed by atoms with Gasteiger partial charge in [-0.2, -0.15) is 0 Å². The third kappa shape index (κ3) is 5.78. The highest BCUT2D eigenvalue weighted by Gasteiger charge is 2.14. The summed E-state index contributed by atoms with van der Waals surface area (Å²) in [6.45, 7) is 9.44. The fourth-order valence-corrected chi connectivity index (χ4v) is 1.36. The molecule has 0 heterocycles. The number of amides is 1. The van der Waals surface area contributed by atoms with Crippen molar-refractivity contribution in [2.24, 2.45) is 0 Å². The first-order chi connectivity index (χ1) is 8.92. The van der Waals surface area contributed by atoms with Crippen molar-refractivity contribution in [3.8, 4) is 11.8 Å². The third-order valence-corrected chi connectivity index (χ3v) is 2.12. The molecule has 0 atom stereocenters. The molecule has 3 heteroatoms. The van der Waals surface area contributed by atoms with Gasteiger partial charge in [0.1, 0.15) is 5.60 Å². The average molecular weight is 257 g/mol. The van der Waals surface area contributed by atoms with E-state index >= 15 is 0 Å². The Morgan fingerprint density at radius 2 is 2.11 bits per heavy atom. The SMILES string of the molecule is C=Cc1ccccc1C#CCNC(=O)OC(C)(C)C. The molecule has 0 saturated carbocycles. The molecule has 100 valence electrons. The molecule has 1 aromatic carbocycles. The molecule has 1 N–H and O–H groups in total. The molecule has 0 spiro atoms. The van der Waals surface area contributed by atoms with Crippen LogP contribution in [0, 0.1) is 11.8 Å². The molecule has 1 aromatic rings. The van der Waals surface area contributed by atoms with E-state index in [1.54, 1.807) is 6.08 Å². The number of hydrogen-bond donors (Lipinski definition) is 1. The molecule has 0 bridgehead atoms. The molecule has 0 aliphatic carbocycles. The Morgan fingerprint density at radius 3 is 2.74 bits per heavy atom. The van der Waals surface area contributed by atoms with E-state index in [4.69, 9.17) is 4.74 Å². The van der Waals surface area contributed by atoms with Crippen molar-refractivity contribution < 1.29 is 9.53 Å². The van der Waals surface area contributed by atoms with Gasteiger partial charge in [0.05, 0.1) is 6.54 Å². The van der Waals surface area contributed by atoms with Gasteiger partial charge in [-0.05, 0) is 32.4 Å². The first kappa shape index (κ1) is 14.8. The van der Waals surface area contributed by atoms with E-state index in [2.05, 4.69) is 23.7 Å². The van der Waals surface area contributed by atoms with E-state index in [0.29, 0.717) is 0 Å². The Kier molecular flexibility index (Phi) is 5.20. The lowest BCUT2D eigenvalue weighted by atomic mass is 10.1. The zero-order chi connectivity index (χ0) is 14.3. The largest absolute Gasteiger partial charge is 0.444 e. The fourth-order valence-electron chi connectivity index (χ4n) is 1.36. The quantitative estimate of drug-likeness (QED) is 0.826. The van der Waals surface area contributed by atoms with Gasteiger partial charge >= 0.3 is 6.09 Å². The summed E-state index contributed by atoms with van der Waals surface area (Å²) in [5.41, 5.74) is 1.38. The van der Waals surface area contributed by atoms with Crippen molar-refractivity contribution in [3.05, 3.63) is 42.0 Å². The van der Waals surface area contributed by atoms with E-state index in [9.17, 15) is 4.79 Å². The van der Waals surface area contributed by atoms with Gasteiger partial charge in [0.15, 0.2) is 0 Å². The molecular weight excluding hydrogens is 238 g/mol. The van der Waals surface area contributed by atoms with Gasteiger partial charge in [-0.1, -0.05) is 42.7 Å². The summed E-state index contributed by atoms with van der Waals surface area (Å²) < 4.78 is 5.10. The van der Waals surface area contributed by atoms with Crippen molar-refractivity contribution in [1.82, 2.24) is 5.32 Å². The average Bonchev–Trinajstić information content (AvgIpc) is 2.33. The van der Waals surface area contributed by atoms with Crippen LogP contribution in [0.25, 0.3) is 6.08 Å². The predicted molar refractivity (Wildman–Crippen MR) is 77.6 cm³/mol. The van der Waals surface area contributed by atoms with Crippen LogP contribution in [0.4, 0.5) is 4.79 Å². The summed E-state index contributed by atoms with van der Waals surface area (Å²) in [6.07, 6.45) is 1.30. The smallest absolute Gasteiger partial charge is 0.408 e. The fraction of sp³-hybridized carbons (Fsp3) is 0.312. The van der Waals surface area contributed by atoms with Crippen molar-refractivity contribution in [2.45, 2.75) is 26.4 Å². The number of nitrogens with one attached hydrogen (secondary N) is 1. The summed E-state index contributed by atoms with van der Waals surface area (Å²) in [4.78, 5) is 11.4. The van der Waals surface area contributed by atoms with Crippen LogP contribution in [-0.4, -0.2) is 18.2 Å². The van der Waals surface area contributed by atoms with Crippen LogP contribution in [-0.2, 0) is 4.74 Å². The number of rotatable bonds is 2. The topological polar surface area (TPSA) is 38.3 Å². The van der Waals surface area contributed by atoms with Gasteiger partial charge in [0.25, 0.3) is 0 Å². The van der Waals surface area contributed by atoms with Gasteiger partial charge in [-0.3, -0.25) is 0 Å². The lowest BCUT2D eigenvalue weighted by Crippen LogP contribution is -2.32. The van der Waals surface area contributed by atoms with Crippen LogP contribution in [0.3, 0.4) is 0 Å². The second-order valence-corrected chi connectivity index (χ2v) is 4.95. The zero-order valence-corrected chi connectivity index (χ0v) is 11.6. The Labute approximate surface area is 114 Å². The third-order valence-electron chi connectivity index (χ3n) is 2.12. The van der Waals surface area contributed by atoms with E-state index in [0.717, 1.165) is 11.1 Å². The summed E-state index contributed by atoms with van der Waals surface area (Å²) in [6, 6.07) is 7.70. The van der Waals surface area contributed by atoms with Crippen molar-refractivity contribution >= 4 is 12.2 Å². The number of hydrogen-bond acceptors (Lipinski definition) is 2. The molecule has 0 unspecified atom stereocenters. The van der Waals surface area contributed by atoms with Crippen molar-refractivity contribution in [2.75, 3.05) is 6.54 Å². The molecule has 0 saturated heterocycles. The molecule has 0 aliphatic rings. The molecule has 0 fully saturated rings. The zero-order valence-electron chi connectivity index (χ0n) is 11.6. The first-order valence-electron chi connectivity index (χ1n) is 6.09. The Bertz CT molecular complexity index is 516. The number of ether oxygens (including phenoxy) is 1. The molecule has 19 heavy (non-hydrogen) atoms. The summed E-state index contributed by atoms with van der Waals surface area (Å²) in [7, 11) is 0. The van der Waals surface area contributed by atoms with E-state index in [1.165, 1.54) is 0 Å². The lowest BCUT2D eigenvalue weighted by Gasteiger charge is -2.19. The first-order valence-corrected chi connectivity index (χ1v) is 6.09. The normalized spacial score (nSPS) is 10.1. The molecular formula is C16H19NO2. The maximum Gasteiger partial charge on any atom is 0.408 e. The molecule has 1 amide bonds. The van der Waals surface area contributed by atoms with Gasteiger partial charge in [-0.15, -0.1) is 0 Å². The van der Waals surface area contributed by atoms with E-state index in [-0.39, 0.29) is 6.54 Å². The molecule has 1 rings (SSSR count). The number of carbonyl (C=O) groups is 1. The summed E-state index contributed by atoms with van der Waals surface area (Å²) in [5.74, 6) is 5.87. The van der Waals surface area contributed by atoms with E-state index in [1.807, 2.05) is 45.0 Å². The van der Waals surface area contributed by atoms with Crippen LogP contribution in [0.1, 0.15) is 31.9 Å². The van der Waals surface area contributed by atoms with E-state index < -0.39 is 11.7 Å². The maximum absolute atomic E-state index is 11.4. The van der Waals surface area contributed by atoms with Gasteiger partial charge < -0.3 is 10.1 Å². The van der Waals surface area contributed by atoms with Gasteiger partial charge in [-0.25, -0.2) is 4.79 Å². The van der Waals surface area contributed by atoms with Crippen LogP contribution < -0.4 is 5.32 Å². The highest BCUT2D eigenvalue weighted by atomic mass is 16.6. The molecule has 0 radical (unpaired) electrons. The predicted octanol–water partition coefficient (Wildman–Crippen LogP) is 3.21. The second-order valence-electron chi connectivity index (χ2n) is 4.95. The minimum absolute atomic E-state index is 0.250. The highest BCUT2D eigenvalue weighted by Crippen LogP contribution is 2.08.